The molecule has 0 bridgehead atoms. The van der Waals surface area contributed by atoms with Gasteiger partial charge >= 0.3 is 5.97 Å². The fourth-order valence-corrected chi connectivity index (χ4v) is 6.75. The Balaban J connectivity index is 2.31. The van der Waals surface area contributed by atoms with Crippen molar-refractivity contribution in [1.29, 1.82) is 0 Å². The Kier molecular flexibility index (Phi) is 9.44. The van der Waals surface area contributed by atoms with Crippen LogP contribution in [0.2, 0.25) is 18.1 Å². The molecule has 0 aromatic carbocycles. The van der Waals surface area contributed by atoms with Crippen LogP contribution >= 0.6 is 0 Å². The highest BCUT2D eigenvalue weighted by atomic mass is 28.4. The monoisotopic (exact) mass is 525 g/mol. The summed E-state index contributed by atoms with van der Waals surface area (Å²) < 4.78 is 12.5. The van der Waals surface area contributed by atoms with Gasteiger partial charge in [-0.1, -0.05) is 32.9 Å². The molecule has 0 radical (unpaired) electrons. The Morgan fingerprint density at radius 2 is 1.58 bits per heavy atom. The number of rotatable bonds is 7. The summed E-state index contributed by atoms with van der Waals surface area (Å²) in [5.74, 6) is -1.31. The van der Waals surface area contributed by atoms with Crippen LogP contribution in [0.1, 0.15) is 102 Å². The first kappa shape index (κ1) is 31.5. The van der Waals surface area contributed by atoms with E-state index >= 15 is 0 Å². The molecule has 2 fully saturated rings. The molecule has 210 valence electrons. The standard InChI is InChI=1S/C29H55NO5Si/c1-20(34-30-28(8,9)17-14-18-29(30,10)11)15-16-21-23(35-36(12,13)27(5,6)7)19-22(31)24(21)25(32)33-26(2,3)4/h15-16,20-24,31H,14,17-19H2,1-13H3/b16-15+/t20?,21-,22-,23-,24+/m0/s1. The van der Waals surface area contributed by atoms with E-state index in [-0.39, 0.29) is 40.2 Å². The van der Waals surface area contributed by atoms with Gasteiger partial charge in [0.2, 0.25) is 0 Å². The van der Waals surface area contributed by atoms with Crippen molar-refractivity contribution in [3.05, 3.63) is 12.2 Å². The summed E-state index contributed by atoms with van der Waals surface area (Å²) in [4.78, 5) is 19.7. The highest BCUT2D eigenvalue weighted by Gasteiger charge is 2.51. The van der Waals surface area contributed by atoms with E-state index in [1.54, 1.807) is 0 Å². The third-order valence-electron chi connectivity index (χ3n) is 8.22. The fourth-order valence-electron chi connectivity index (χ4n) is 5.39. The van der Waals surface area contributed by atoms with E-state index < -0.39 is 25.9 Å². The lowest BCUT2D eigenvalue weighted by Gasteiger charge is -2.52. The highest BCUT2D eigenvalue weighted by Crippen LogP contribution is 2.44. The zero-order chi connectivity index (χ0) is 27.9. The SMILES string of the molecule is CC(/C=C/[C@@H]1[C@@H](C(=O)OC(C)(C)C)[C@@H](O)C[C@@H]1O[Si](C)(C)C(C)(C)C)ON1C(C)(C)CCCC1(C)C. The first-order chi connectivity index (χ1) is 16.1. The predicted molar refractivity (Wildman–Crippen MR) is 149 cm³/mol. The molecule has 2 aliphatic rings. The average molecular weight is 526 g/mol. The highest BCUT2D eigenvalue weighted by molar-refractivity contribution is 6.74. The molecule has 0 amide bonds. The van der Waals surface area contributed by atoms with Crippen molar-refractivity contribution in [3.8, 4) is 0 Å². The molecule has 1 saturated carbocycles. The molecule has 1 aliphatic heterocycles. The van der Waals surface area contributed by atoms with Gasteiger partial charge in [0.05, 0.1) is 24.2 Å². The molecule has 0 aromatic heterocycles. The number of aliphatic hydroxyl groups is 1. The van der Waals surface area contributed by atoms with Crippen molar-refractivity contribution in [2.75, 3.05) is 0 Å². The lowest BCUT2D eigenvalue weighted by Crippen LogP contribution is -2.59. The summed E-state index contributed by atoms with van der Waals surface area (Å²) in [6.07, 6.45) is 6.62. The molecule has 0 spiro atoms. The Morgan fingerprint density at radius 1 is 1.06 bits per heavy atom. The van der Waals surface area contributed by atoms with Crippen LogP contribution in [-0.4, -0.2) is 59.4 Å². The minimum Gasteiger partial charge on any atom is -0.460 e. The quantitative estimate of drug-likeness (QED) is 0.228. The molecule has 7 heteroatoms. The topological polar surface area (TPSA) is 68.2 Å². The summed E-state index contributed by atoms with van der Waals surface area (Å²) in [6.45, 7) is 27.6. The summed E-state index contributed by atoms with van der Waals surface area (Å²) in [5, 5.41) is 13.2. The molecule has 1 N–H and O–H groups in total. The number of carbonyl (C=O) groups excluding carboxylic acids is 1. The maximum Gasteiger partial charge on any atom is 0.312 e. The summed E-state index contributed by atoms with van der Waals surface area (Å²) >= 11 is 0. The number of hydrogen-bond acceptors (Lipinski definition) is 6. The maximum atomic E-state index is 13.2. The number of esters is 1. The Hall–Kier alpha value is -0.733. The van der Waals surface area contributed by atoms with Gasteiger partial charge in [-0.25, -0.2) is 0 Å². The molecular formula is C29H55NO5Si. The Labute approximate surface area is 222 Å². The molecule has 1 saturated heterocycles. The second-order valence-corrected chi connectivity index (χ2v) is 19.6. The zero-order valence-corrected chi connectivity index (χ0v) is 26.4. The van der Waals surface area contributed by atoms with Crippen molar-refractivity contribution in [3.63, 3.8) is 0 Å². The van der Waals surface area contributed by atoms with Crippen molar-refractivity contribution in [2.45, 2.75) is 155 Å². The molecule has 6 nitrogen and oxygen atoms in total. The number of hydrogen-bond donors (Lipinski definition) is 1. The molecule has 5 atom stereocenters. The third kappa shape index (κ3) is 7.65. The van der Waals surface area contributed by atoms with Gasteiger partial charge in [0.15, 0.2) is 8.32 Å². The summed E-state index contributed by atoms with van der Waals surface area (Å²) in [6, 6.07) is 0. The lowest BCUT2D eigenvalue weighted by atomic mass is 9.82. The Morgan fingerprint density at radius 3 is 2.06 bits per heavy atom. The van der Waals surface area contributed by atoms with E-state index in [2.05, 4.69) is 66.6 Å². The first-order valence-electron chi connectivity index (χ1n) is 13.8. The van der Waals surface area contributed by atoms with Gasteiger partial charge < -0.3 is 14.3 Å². The molecule has 2 rings (SSSR count). The van der Waals surface area contributed by atoms with Crippen LogP contribution < -0.4 is 0 Å². The van der Waals surface area contributed by atoms with Crippen molar-refractivity contribution >= 4 is 14.3 Å². The number of aliphatic hydroxyl groups excluding tert-OH is 1. The van der Waals surface area contributed by atoms with Gasteiger partial charge in [0.1, 0.15) is 5.60 Å². The van der Waals surface area contributed by atoms with Crippen LogP contribution in [0.4, 0.5) is 0 Å². The van der Waals surface area contributed by atoms with Crippen LogP contribution in [0.25, 0.3) is 0 Å². The number of hydroxylamine groups is 2. The molecule has 1 heterocycles. The van der Waals surface area contributed by atoms with Crippen molar-refractivity contribution in [2.24, 2.45) is 11.8 Å². The fraction of sp³-hybridized carbons (Fsp3) is 0.897. The smallest absolute Gasteiger partial charge is 0.312 e. The van der Waals surface area contributed by atoms with E-state index in [1.165, 1.54) is 6.42 Å². The molecular weight excluding hydrogens is 470 g/mol. The second-order valence-electron chi connectivity index (χ2n) is 14.8. The van der Waals surface area contributed by atoms with Crippen molar-refractivity contribution in [1.82, 2.24) is 5.06 Å². The normalized spacial score (nSPS) is 30.5. The van der Waals surface area contributed by atoms with Crippen LogP contribution in [0.15, 0.2) is 12.2 Å². The van der Waals surface area contributed by atoms with Gasteiger partial charge in [-0.05, 0) is 99.2 Å². The summed E-state index contributed by atoms with van der Waals surface area (Å²) in [5.41, 5.74) is -0.730. The largest absolute Gasteiger partial charge is 0.460 e. The van der Waals surface area contributed by atoms with E-state index in [9.17, 15) is 9.90 Å². The molecule has 1 aliphatic carbocycles. The predicted octanol–water partition coefficient (Wildman–Crippen LogP) is 6.63. The minimum atomic E-state index is -2.12. The number of ether oxygens (including phenoxy) is 1. The van der Waals surface area contributed by atoms with Gasteiger partial charge in [-0.15, -0.1) is 0 Å². The molecule has 1 unspecified atom stereocenters. The van der Waals surface area contributed by atoms with Gasteiger partial charge in [-0.2, -0.15) is 5.06 Å². The zero-order valence-electron chi connectivity index (χ0n) is 25.4. The second kappa shape index (κ2) is 10.8. The van der Waals surface area contributed by atoms with E-state index in [1.807, 2.05) is 39.8 Å². The van der Waals surface area contributed by atoms with Crippen LogP contribution in [0.3, 0.4) is 0 Å². The lowest BCUT2D eigenvalue weighted by molar-refractivity contribution is -0.293. The molecule has 0 aromatic rings. The number of nitrogens with zero attached hydrogens (tertiary/aromatic N) is 1. The van der Waals surface area contributed by atoms with E-state index in [4.69, 9.17) is 14.0 Å². The van der Waals surface area contributed by atoms with E-state index in [0.717, 1.165) is 12.8 Å². The van der Waals surface area contributed by atoms with Crippen LogP contribution in [0.5, 0.6) is 0 Å². The van der Waals surface area contributed by atoms with Gasteiger partial charge in [0.25, 0.3) is 0 Å². The average Bonchev–Trinajstić information content (AvgIpc) is 2.94. The van der Waals surface area contributed by atoms with Crippen LogP contribution in [-0.2, 0) is 18.8 Å². The number of piperidine rings is 1. The van der Waals surface area contributed by atoms with E-state index in [0.29, 0.717) is 6.42 Å². The van der Waals surface area contributed by atoms with Gasteiger partial charge in [-0.3, -0.25) is 9.63 Å². The van der Waals surface area contributed by atoms with Gasteiger partial charge in [0, 0.05) is 17.0 Å². The Bertz CT molecular complexity index is 776. The van der Waals surface area contributed by atoms with Crippen molar-refractivity contribution < 1.29 is 23.9 Å². The molecule has 36 heavy (non-hydrogen) atoms. The number of carbonyl (C=O) groups is 1. The van der Waals surface area contributed by atoms with Crippen LogP contribution in [0, 0.1) is 11.8 Å². The maximum absolute atomic E-state index is 13.2. The third-order valence-corrected chi connectivity index (χ3v) is 12.7. The summed E-state index contributed by atoms with van der Waals surface area (Å²) in [7, 11) is -2.12. The minimum absolute atomic E-state index is 0.0258. The first-order valence-corrected chi connectivity index (χ1v) is 16.7.